The first-order valence-electron chi connectivity index (χ1n) is 8.71. The molecule has 0 saturated carbocycles. The van der Waals surface area contributed by atoms with Crippen molar-refractivity contribution >= 4 is 15.7 Å². The van der Waals surface area contributed by atoms with Gasteiger partial charge in [0, 0.05) is 37.1 Å². The molecule has 138 valence electrons. The van der Waals surface area contributed by atoms with Crippen LogP contribution in [0.3, 0.4) is 0 Å². The van der Waals surface area contributed by atoms with E-state index in [-0.39, 0.29) is 29.5 Å². The van der Waals surface area contributed by atoms with Gasteiger partial charge >= 0.3 is 0 Å². The molecule has 2 saturated heterocycles. The van der Waals surface area contributed by atoms with Gasteiger partial charge in [0.15, 0.2) is 9.84 Å². The van der Waals surface area contributed by atoms with Gasteiger partial charge in [-0.05, 0) is 30.8 Å². The molecule has 0 bridgehead atoms. The zero-order valence-corrected chi connectivity index (χ0v) is 15.5. The molecule has 2 fully saturated rings. The molecule has 1 amide bonds. The molecule has 2 atom stereocenters. The molecule has 2 aliphatic rings. The molecule has 0 N–H and O–H groups in total. The number of carbonyl (C=O) groups is 1. The van der Waals surface area contributed by atoms with Gasteiger partial charge in [0.2, 0.25) is 0 Å². The first-order valence-corrected chi connectivity index (χ1v) is 10.5. The third-order valence-corrected chi connectivity index (χ3v) is 6.99. The predicted molar refractivity (Wildman–Crippen MR) is 97.7 cm³/mol. The van der Waals surface area contributed by atoms with Gasteiger partial charge in [-0.25, -0.2) is 8.42 Å². The van der Waals surface area contributed by atoms with Gasteiger partial charge in [-0.2, -0.15) is 5.10 Å². The lowest BCUT2D eigenvalue weighted by Gasteiger charge is -2.42. The van der Waals surface area contributed by atoms with Crippen LogP contribution >= 0.6 is 0 Å². The summed E-state index contributed by atoms with van der Waals surface area (Å²) in [7, 11) is -1.16. The lowest BCUT2D eigenvalue weighted by atomic mass is 10.0. The van der Waals surface area contributed by atoms with Gasteiger partial charge in [-0.3, -0.25) is 14.4 Å². The van der Waals surface area contributed by atoms with Crippen LogP contribution in [0, 0.1) is 0 Å². The molecule has 3 heterocycles. The van der Waals surface area contributed by atoms with Crippen molar-refractivity contribution in [2.24, 2.45) is 0 Å². The summed E-state index contributed by atoms with van der Waals surface area (Å²) in [4.78, 5) is 16.9. The number of sulfone groups is 1. The third kappa shape index (κ3) is 3.26. The Bertz CT molecular complexity index is 910. The lowest BCUT2D eigenvalue weighted by molar-refractivity contribution is 0.0410. The second-order valence-corrected chi connectivity index (χ2v) is 9.25. The van der Waals surface area contributed by atoms with E-state index in [0.29, 0.717) is 25.2 Å². The summed E-state index contributed by atoms with van der Waals surface area (Å²) in [6, 6.07) is 8.99. The van der Waals surface area contributed by atoms with E-state index in [1.165, 1.54) is 0 Å². The highest BCUT2D eigenvalue weighted by molar-refractivity contribution is 7.91. The number of likely N-dealkylation sites (N-methyl/N-ethyl adjacent to an activating group) is 1. The topological polar surface area (TPSA) is 75.5 Å². The fraction of sp³-hybridized carbons (Fsp3) is 0.444. The van der Waals surface area contributed by atoms with Gasteiger partial charge in [0.05, 0.1) is 24.1 Å². The molecule has 26 heavy (non-hydrogen) atoms. The summed E-state index contributed by atoms with van der Waals surface area (Å²) >= 11 is 0. The van der Waals surface area contributed by atoms with Crippen LogP contribution in [-0.2, 0) is 16.4 Å². The van der Waals surface area contributed by atoms with Crippen LogP contribution in [0.15, 0.2) is 42.7 Å². The van der Waals surface area contributed by atoms with Crippen molar-refractivity contribution in [2.75, 3.05) is 31.6 Å². The smallest absolute Gasteiger partial charge is 0.254 e. The van der Waals surface area contributed by atoms with Crippen LogP contribution < -0.4 is 0 Å². The maximum atomic E-state index is 13.1. The summed E-state index contributed by atoms with van der Waals surface area (Å²) in [5.74, 6) is 0.102. The van der Waals surface area contributed by atoms with E-state index in [1.807, 2.05) is 37.5 Å². The molecule has 2 aromatic rings. The Morgan fingerprint density at radius 1 is 1.19 bits per heavy atom. The normalized spacial score (nSPS) is 25.2. The summed E-state index contributed by atoms with van der Waals surface area (Å²) in [6.45, 7) is 1.84. The van der Waals surface area contributed by atoms with Crippen molar-refractivity contribution < 1.29 is 13.2 Å². The molecule has 2 aliphatic heterocycles. The Morgan fingerprint density at radius 2 is 2.00 bits per heavy atom. The van der Waals surface area contributed by atoms with Gasteiger partial charge in [0.1, 0.15) is 0 Å². The zero-order valence-electron chi connectivity index (χ0n) is 14.7. The fourth-order valence-electron chi connectivity index (χ4n) is 3.93. The molecule has 0 aliphatic carbocycles. The first kappa shape index (κ1) is 17.2. The van der Waals surface area contributed by atoms with E-state index in [9.17, 15) is 13.2 Å². The summed E-state index contributed by atoms with van der Waals surface area (Å²) in [5, 5.41) is 4.19. The van der Waals surface area contributed by atoms with E-state index >= 15 is 0 Å². The minimum absolute atomic E-state index is 0.0563. The Balaban J connectivity index is 1.57. The van der Waals surface area contributed by atoms with Crippen molar-refractivity contribution in [2.45, 2.75) is 18.6 Å². The SMILES string of the molecule is CN1CCN(C(=O)c2cccc(Cn3cccn3)c2)[C@@H]2CS(=O)(=O)C[C@@H]21. The van der Waals surface area contributed by atoms with E-state index in [0.717, 1.165) is 5.56 Å². The number of nitrogens with zero attached hydrogens (tertiary/aromatic N) is 4. The van der Waals surface area contributed by atoms with E-state index in [4.69, 9.17) is 0 Å². The van der Waals surface area contributed by atoms with E-state index in [1.54, 1.807) is 21.8 Å². The fourth-order valence-corrected chi connectivity index (χ4v) is 5.98. The molecule has 0 spiro atoms. The van der Waals surface area contributed by atoms with Gasteiger partial charge in [-0.15, -0.1) is 0 Å². The molecule has 1 aromatic heterocycles. The van der Waals surface area contributed by atoms with Crippen molar-refractivity contribution in [1.82, 2.24) is 19.6 Å². The number of benzene rings is 1. The second-order valence-electron chi connectivity index (χ2n) is 7.09. The molecular formula is C18H22N4O3S. The van der Waals surface area contributed by atoms with Gasteiger partial charge in [0.25, 0.3) is 5.91 Å². The monoisotopic (exact) mass is 374 g/mol. The molecule has 1 aromatic carbocycles. The number of fused-ring (bicyclic) bond motifs is 1. The first-order chi connectivity index (χ1) is 12.4. The molecule has 4 rings (SSSR count). The summed E-state index contributed by atoms with van der Waals surface area (Å²) < 4.78 is 26.0. The third-order valence-electron chi connectivity index (χ3n) is 5.29. The van der Waals surface area contributed by atoms with Crippen molar-refractivity contribution in [3.8, 4) is 0 Å². The van der Waals surface area contributed by atoms with Crippen molar-refractivity contribution in [1.29, 1.82) is 0 Å². The van der Waals surface area contributed by atoms with Crippen molar-refractivity contribution in [3.05, 3.63) is 53.9 Å². The zero-order chi connectivity index (χ0) is 18.3. The van der Waals surface area contributed by atoms with Crippen LogP contribution in [-0.4, -0.2) is 77.6 Å². The number of aromatic nitrogens is 2. The quantitative estimate of drug-likeness (QED) is 0.781. The van der Waals surface area contributed by atoms with Crippen molar-refractivity contribution in [3.63, 3.8) is 0 Å². The highest BCUT2D eigenvalue weighted by Gasteiger charge is 2.47. The molecular weight excluding hydrogens is 352 g/mol. The number of amides is 1. The highest BCUT2D eigenvalue weighted by atomic mass is 32.2. The van der Waals surface area contributed by atoms with E-state index < -0.39 is 9.84 Å². The number of piperazine rings is 1. The maximum Gasteiger partial charge on any atom is 0.254 e. The largest absolute Gasteiger partial charge is 0.332 e. The summed E-state index contributed by atoms with van der Waals surface area (Å²) in [5.41, 5.74) is 1.59. The Labute approximate surface area is 153 Å². The maximum absolute atomic E-state index is 13.1. The minimum atomic E-state index is -3.10. The Morgan fingerprint density at radius 3 is 2.77 bits per heavy atom. The molecule has 7 nitrogen and oxygen atoms in total. The van der Waals surface area contributed by atoms with Crippen LogP contribution in [0.25, 0.3) is 0 Å². The van der Waals surface area contributed by atoms with Crippen LogP contribution in [0.1, 0.15) is 15.9 Å². The molecule has 8 heteroatoms. The predicted octanol–water partition coefficient (Wildman–Crippen LogP) is 0.485. The number of hydrogen-bond acceptors (Lipinski definition) is 5. The highest BCUT2D eigenvalue weighted by Crippen LogP contribution is 2.27. The average Bonchev–Trinajstić information content (AvgIpc) is 3.22. The average molecular weight is 374 g/mol. The number of carbonyl (C=O) groups excluding carboxylic acids is 1. The lowest BCUT2D eigenvalue weighted by Crippen LogP contribution is -2.59. The standard InChI is InChI=1S/C18H22N4O3S/c1-20-8-9-22(17-13-26(24,25)12-16(17)20)18(23)15-5-2-4-14(10-15)11-21-7-3-6-19-21/h2-7,10,16-17H,8-9,11-13H2,1H3/t16-,17+/m0/s1. The van der Waals surface area contributed by atoms with Crippen LogP contribution in [0.2, 0.25) is 0 Å². The number of rotatable bonds is 3. The summed E-state index contributed by atoms with van der Waals surface area (Å²) in [6.07, 6.45) is 3.60. The van der Waals surface area contributed by atoms with Crippen LogP contribution in [0.4, 0.5) is 0 Å². The van der Waals surface area contributed by atoms with E-state index in [2.05, 4.69) is 10.00 Å². The van der Waals surface area contributed by atoms with Gasteiger partial charge < -0.3 is 4.90 Å². The second kappa shape index (κ2) is 6.51. The molecule has 0 radical (unpaired) electrons. The number of hydrogen-bond donors (Lipinski definition) is 0. The Kier molecular flexibility index (Phi) is 4.32. The van der Waals surface area contributed by atoms with Crippen LogP contribution in [0.5, 0.6) is 0 Å². The molecule has 0 unspecified atom stereocenters. The Hall–Kier alpha value is -2.19. The minimum Gasteiger partial charge on any atom is -0.332 e. The van der Waals surface area contributed by atoms with Gasteiger partial charge in [-0.1, -0.05) is 12.1 Å².